The van der Waals surface area contributed by atoms with Gasteiger partial charge >= 0.3 is 0 Å². The number of hydrazone groups is 1. The normalized spacial score (nSPS) is 18.7. The zero-order chi connectivity index (χ0) is 20.2. The number of aryl methyl sites for hydroxylation is 1. The summed E-state index contributed by atoms with van der Waals surface area (Å²) in [5, 5.41) is 6.45. The number of nitrogens with zero attached hydrogens (tertiary/aromatic N) is 4. The Morgan fingerprint density at radius 1 is 1.07 bits per heavy atom. The number of anilines is 1. The first kappa shape index (κ1) is 19.4. The molecule has 2 heterocycles. The molecule has 0 aromatic heterocycles. The van der Waals surface area contributed by atoms with Crippen molar-refractivity contribution in [2.24, 2.45) is 10.1 Å². The molecule has 1 fully saturated rings. The maximum absolute atomic E-state index is 13.3. The number of rotatable bonds is 3. The Balaban J connectivity index is 1.63. The van der Waals surface area contributed by atoms with Crippen LogP contribution in [0.5, 0.6) is 0 Å². The summed E-state index contributed by atoms with van der Waals surface area (Å²) in [4.78, 5) is 32.1. The molecule has 0 atom stereocenters. The maximum atomic E-state index is 13.3. The summed E-state index contributed by atoms with van der Waals surface area (Å²) in [5.41, 5.74) is 2.99. The predicted molar refractivity (Wildman–Crippen MR) is 118 cm³/mol. The molecule has 0 aliphatic carbocycles. The minimum atomic E-state index is -0.169. The second-order valence-electron chi connectivity index (χ2n) is 6.93. The van der Waals surface area contributed by atoms with Crippen LogP contribution in [0, 0.1) is 6.92 Å². The number of thioether (sulfide) groups is 1. The van der Waals surface area contributed by atoms with Gasteiger partial charge in [0.1, 0.15) is 5.71 Å². The van der Waals surface area contributed by atoms with Crippen molar-refractivity contribution in [2.45, 2.75) is 26.2 Å². The Labute approximate surface area is 174 Å². The van der Waals surface area contributed by atoms with Crippen molar-refractivity contribution < 1.29 is 9.59 Å². The summed E-state index contributed by atoms with van der Waals surface area (Å²) >= 11 is 1.58. The highest BCUT2D eigenvalue weighted by Gasteiger charge is 2.31. The predicted octanol–water partition coefficient (Wildman–Crippen LogP) is 4.13. The molecule has 2 aliphatic heterocycles. The van der Waals surface area contributed by atoms with Crippen LogP contribution in [0.4, 0.5) is 11.4 Å². The zero-order valence-electron chi connectivity index (χ0n) is 16.2. The molecule has 2 aliphatic rings. The number of amides is 2. The standard InChI is InChI=1S/C22H22N4O2S/c1-16-8-5-6-11-18(16)23-22-25(14-7-15-29-22)21(28)19-12-13-20(27)26(24-19)17-9-3-2-4-10-17/h2-6,8-11H,7,12-15H2,1H3. The quantitative estimate of drug-likeness (QED) is 0.770. The lowest BCUT2D eigenvalue weighted by molar-refractivity contribution is -0.121. The first-order valence-electron chi connectivity index (χ1n) is 9.68. The van der Waals surface area contributed by atoms with E-state index in [1.807, 2.05) is 61.5 Å². The van der Waals surface area contributed by atoms with Gasteiger partial charge in [-0.3, -0.25) is 14.5 Å². The Bertz CT molecular complexity index is 987. The van der Waals surface area contributed by atoms with Gasteiger partial charge in [-0.15, -0.1) is 0 Å². The molecule has 29 heavy (non-hydrogen) atoms. The molecule has 2 amide bonds. The fourth-order valence-electron chi connectivity index (χ4n) is 3.27. The second-order valence-corrected chi connectivity index (χ2v) is 7.99. The number of amidine groups is 1. The molecule has 0 radical (unpaired) electrons. The SMILES string of the molecule is Cc1ccccc1N=C1SCCCN1C(=O)C1=NN(c2ccccc2)C(=O)CC1. The van der Waals surface area contributed by atoms with E-state index in [2.05, 4.69) is 5.10 Å². The highest BCUT2D eigenvalue weighted by atomic mass is 32.2. The third-order valence-corrected chi connectivity index (χ3v) is 5.91. The highest BCUT2D eigenvalue weighted by molar-refractivity contribution is 8.13. The minimum absolute atomic E-state index is 0.102. The number of hydrogen-bond acceptors (Lipinski definition) is 5. The average molecular weight is 407 g/mol. The van der Waals surface area contributed by atoms with E-state index in [1.54, 1.807) is 16.7 Å². The summed E-state index contributed by atoms with van der Waals surface area (Å²) in [6.45, 7) is 2.61. The zero-order valence-corrected chi connectivity index (χ0v) is 17.1. The van der Waals surface area contributed by atoms with Crippen molar-refractivity contribution in [3.63, 3.8) is 0 Å². The lowest BCUT2D eigenvalue weighted by atomic mass is 10.1. The van der Waals surface area contributed by atoms with Gasteiger partial charge in [0.2, 0.25) is 5.91 Å². The van der Waals surface area contributed by atoms with Gasteiger partial charge in [0, 0.05) is 25.1 Å². The lowest BCUT2D eigenvalue weighted by Gasteiger charge is -2.30. The van der Waals surface area contributed by atoms with Crippen molar-refractivity contribution in [3.05, 3.63) is 60.2 Å². The van der Waals surface area contributed by atoms with Gasteiger partial charge in [0.15, 0.2) is 5.17 Å². The largest absolute Gasteiger partial charge is 0.286 e. The van der Waals surface area contributed by atoms with Gasteiger partial charge in [-0.25, -0.2) is 10.0 Å². The van der Waals surface area contributed by atoms with E-state index < -0.39 is 0 Å². The summed E-state index contributed by atoms with van der Waals surface area (Å²) < 4.78 is 0. The van der Waals surface area contributed by atoms with Crippen LogP contribution in [0.1, 0.15) is 24.8 Å². The molecule has 0 spiro atoms. The molecule has 6 nitrogen and oxygen atoms in total. The molecular weight excluding hydrogens is 384 g/mol. The Morgan fingerprint density at radius 2 is 1.83 bits per heavy atom. The van der Waals surface area contributed by atoms with Crippen LogP contribution in [-0.2, 0) is 9.59 Å². The monoisotopic (exact) mass is 406 g/mol. The van der Waals surface area contributed by atoms with Crippen LogP contribution < -0.4 is 5.01 Å². The summed E-state index contributed by atoms with van der Waals surface area (Å²) in [6, 6.07) is 17.1. The molecule has 1 saturated heterocycles. The van der Waals surface area contributed by atoms with Crippen molar-refractivity contribution in [3.8, 4) is 0 Å². The molecule has 0 saturated carbocycles. The summed E-state index contributed by atoms with van der Waals surface area (Å²) in [5.74, 6) is 0.655. The van der Waals surface area contributed by atoms with Crippen LogP contribution in [0.25, 0.3) is 0 Å². The molecule has 0 N–H and O–H groups in total. The Kier molecular flexibility index (Phi) is 5.76. The molecular formula is C22H22N4O2S. The summed E-state index contributed by atoms with van der Waals surface area (Å²) in [6.07, 6.45) is 1.52. The van der Waals surface area contributed by atoms with E-state index in [0.717, 1.165) is 23.4 Å². The molecule has 148 valence electrons. The van der Waals surface area contributed by atoms with Crippen LogP contribution >= 0.6 is 11.8 Å². The van der Waals surface area contributed by atoms with Crippen molar-refractivity contribution >= 4 is 45.8 Å². The van der Waals surface area contributed by atoms with Crippen LogP contribution in [0.15, 0.2) is 64.7 Å². The van der Waals surface area contributed by atoms with E-state index in [1.165, 1.54) is 5.01 Å². The first-order chi connectivity index (χ1) is 14.1. The first-order valence-corrected chi connectivity index (χ1v) is 10.7. The second kappa shape index (κ2) is 8.61. The Hall–Kier alpha value is -2.93. The van der Waals surface area contributed by atoms with Crippen LogP contribution in [0.3, 0.4) is 0 Å². The number of hydrogen-bond donors (Lipinski definition) is 0. The molecule has 0 unspecified atom stereocenters. The van der Waals surface area contributed by atoms with Gasteiger partial charge < -0.3 is 0 Å². The van der Waals surface area contributed by atoms with Crippen LogP contribution in [-0.4, -0.2) is 39.9 Å². The van der Waals surface area contributed by atoms with E-state index in [9.17, 15) is 9.59 Å². The number of benzene rings is 2. The number of carbonyl (C=O) groups is 2. The minimum Gasteiger partial charge on any atom is -0.286 e. The lowest BCUT2D eigenvalue weighted by Crippen LogP contribution is -2.45. The number of carbonyl (C=O) groups excluding carboxylic acids is 2. The van der Waals surface area contributed by atoms with E-state index in [-0.39, 0.29) is 18.2 Å². The number of aliphatic imine (C=N–C) groups is 1. The Morgan fingerprint density at radius 3 is 2.62 bits per heavy atom. The van der Waals surface area contributed by atoms with Gasteiger partial charge in [-0.1, -0.05) is 48.2 Å². The molecule has 0 bridgehead atoms. The highest BCUT2D eigenvalue weighted by Crippen LogP contribution is 2.26. The van der Waals surface area contributed by atoms with Gasteiger partial charge in [0.05, 0.1) is 11.4 Å². The molecule has 2 aromatic rings. The van der Waals surface area contributed by atoms with E-state index >= 15 is 0 Å². The van der Waals surface area contributed by atoms with Gasteiger partial charge in [-0.2, -0.15) is 5.10 Å². The molecule has 2 aromatic carbocycles. The third kappa shape index (κ3) is 4.24. The van der Waals surface area contributed by atoms with Crippen molar-refractivity contribution in [1.82, 2.24) is 4.90 Å². The smallest absolute Gasteiger partial charge is 0.276 e. The van der Waals surface area contributed by atoms with Gasteiger partial charge in [0.25, 0.3) is 5.91 Å². The molecule has 4 rings (SSSR count). The van der Waals surface area contributed by atoms with E-state index in [4.69, 9.17) is 4.99 Å². The summed E-state index contributed by atoms with van der Waals surface area (Å²) in [7, 11) is 0. The van der Waals surface area contributed by atoms with Crippen molar-refractivity contribution in [1.29, 1.82) is 0 Å². The topological polar surface area (TPSA) is 65.3 Å². The number of para-hydroxylation sites is 2. The van der Waals surface area contributed by atoms with Crippen molar-refractivity contribution in [2.75, 3.05) is 17.3 Å². The fourth-order valence-corrected chi connectivity index (χ4v) is 4.22. The fraction of sp³-hybridized carbons (Fsp3) is 0.273. The van der Waals surface area contributed by atoms with Crippen LogP contribution in [0.2, 0.25) is 0 Å². The molecule has 7 heteroatoms. The third-order valence-electron chi connectivity index (χ3n) is 4.85. The average Bonchev–Trinajstić information content (AvgIpc) is 2.76. The van der Waals surface area contributed by atoms with Gasteiger partial charge in [-0.05, 0) is 37.1 Å². The van der Waals surface area contributed by atoms with E-state index in [0.29, 0.717) is 29.5 Å². The maximum Gasteiger partial charge on any atom is 0.276 e.